The van der Waals surface area contributed by atoms with E-state index in [1.54, 1.807) is 12.5 Å². The van der Waals surface area contributed by atoms with E-state index in [4.69, 9.17) is 4.42 Å². The highest BCUT2D eigenvalue weighted by molar-refractivity contribution is 5.57. The first-order valence-corrected chi connectivity index (χ1v) is 6.97. The van der Waals surface area contributed by atoms with Gasteiger partial charge in [0.25, 0.3) is 0 Å². The van der Waals surface area contributed by atoms with Crippen LogP contribution in [0.1, 0.15) is 37.5 Å². The zero-order valence-electron chi connectivity index (χ0n) is 12.2. The van der Waals surface area contributed by atoms with Gasteiger partial charge in [0.1, 0.15) is 23.7 Å². The molecule has 0 saturated carbocycles. The second-order valence-corrected chi connectivity index (χ2v) is 4.55. The molecule has 0 spiro atoms. The van der Waals surface area contributed by atoms with Crippen LogP contribution < -0.4 is 10.6 Å². The van der Waals surface area contributed by atoms with Crippen molar-refractivity contribution < 1.29 is 4.42 Å². The maximum Gasteiger partial charge on any atom is 0.213 e. The number of hydrogen-bond donors (Lipinski definition) is 2. The van der Waals surface area contributed by atoms with Gasteiger partial charge in [0.2, 0.25) is 5.89 Å². The Kier molecular flexibility index (Phi) is 4.92. The molecule has 0 saturated heterocycles. The van der Waals surface area contributed by atoms with E-state index in [0.29, 0.717) is 12.4 Å². The van der Waals surface area contributed by atoms with Crippen LogP contribution in [0.3, 0.4) is 0 Å². The monoisotopic (exact) mass is 275 g/mol. The average molecular weight is 275 g/mol. The lowest BCUT2D eigenvalue weighted by atomic mass is 10.1. The predicted molar refractivity (Wildman–Crippen MR) is 78.8 cm³/mol. The van der Waals surface area contributed by atoms with Gasteiger partial charge in [-0.25, -0.2) is 15.0 Å². The van der Waals surface area contributed by atoms with Gasteiger partial charge in [-0.05, 0) is 20.3 Å². The number of oxazole rings is 1. The molecule has 0 bridgehead atoms. The van der Waals surface area contributed by atoms with Gasteiger partial charge in [-0.1, -0.05) is 13.3 Å². The van der Waals surface area contributed by atoms with Crippen LogP contribution in [0.25, 0.3) is 0 Å². The zero-order valence-corrected chi connectivity index (χ0v) is 12.2. The zero-order chi connectivity index (χ0) is 14.4. The van der Waals surface area contributed by atoms with E-state index < -0.39 is 0 Å². The summed E-state index contributed by atoms with van der Waals surface area (Å²) < 4.78 is 5.45. The summed E-state index contributed by atoms with van der Waals surface area (Å²) in [7, 11) is 0. The van der Waals surface area contributed by atoms with Gasteiger partial charge in [0.05, 0.1) is 12.7 Å². The second kappa shape index (κ2) is 6.88. The maximum atomic E-state index is 5.45. The molecule has 6 nitrogen and oxygen atoms in total. The Morgan fingerprint density at radius 1 is 1.10 bits per heavy atom. The van der Waals surface area contributed by atoms with Crippen LogP contribution >= 0.6 is 0 Å². The molecule has 20 heavy (non-hydrogen) atoms. The molecular weight excluding hydrogens is 254 g/mol. The Labute approximate surface area is 119 Å². The highest BCUT2D eigenvalue weighted by Crippen LogP contribution is 2.22. The molecule has 0 aliphatic carbocycles. The van der Waals surface area contributed by atoms with Crippen molar-refractivity contribution in [1.29, 1.82) is 0 Å². The van der Waals surface area contributed by atoms with E-state index in [0.717, 1.165) is 42.3 Å². The maximum absolute atomic E-state index is 5.45. The minimum Gasteiger partial charge on any atom is -0.444 e. The van der Waals surface area contributed by atoms with E-state index in [9.17, 15) is 0 Å². The first kappa shape index (κ1) is 14.3. The van der Waals surface area contributed by atoms with Crippen LogP contribution in [0.4, 0.5) is 11.6 Å². The van der Waals surface area contributed by atoms with Crippen LogP contribution in [0.15, 0.2) is 16.9 Å². The van der Waals surface area contributed by atoms with Gasteiger partial charge in [0.15, 0.2) is 0 Å². The molecule has 0 amide bonds. The van der Waals surface area contributed by atoms with Crippen molar-refractivity contribution in [2.45, 2.75) is 40.2 Å². The van der Waals surface area contributed by atoms with Crippen LogP contribution in [0.5, 0.6) is 0 Å². The lowest BCUT2D eigenvalue weighted by molar-refractivity contribution is 0.478. The lowest BCUT2D eigenvalue weighted by Crippen LogP contribution is -2.10. The predicted octanol–water partition coefficient (Wildman–Crippen LogP) is 2.77. The molecule has 2 rings (SSSR count). The third-order valence-electron chi connectivity index (χ3n) is 2.87. The van der Waals surface area contributed by atoms with E-state index in [1.165, 1.54) is 0 Å². The molecule has 0 radical (unpaired) electrons. The largest absolute Gasteiger partial charge is 0.444 e. The Morgan fingerprint density at radius 2 is 1.85 bits per heavy atom. The fourth-order valence-electron chi connectivity index (χ4n) is 2.01. The van der Waals surface area contributed by atoms with Gasteiger partial charge in [0, 0.05) is 12.1 Å². The molecule has 2 N–H and O–H groups in total. The third-order valence-corrected chi connectivity index (χ3v) is 2.87. The number of aromatic nitrogens is 3. The fourth-order valence-corrected chi connectivity index (χ4v) is 2.01. The number of anilines is 2. The molecule has 0 aliphatic rings. The summed E-state index contributed by atoms with van der Waals surface area (Å²) in [6.07, 6.45) is 5.25. The number of nitrogens with zero attached hydrogens (tertiary/aromatic N) is 3. The molecule has 0 aromatic carbocycles. The van der Waals surface area contributed by atoms with Crippen molar-refractivity contribution in [1.82, 2.24) is 15.0 Å². The van der Waals surface area contributed by atoms with Crippen molar-refractivity contribution in [3.63, 3.8) is 0 Å². The summed E-state index contributed by atoms with van der Waals surface area (Å²) in [5.74, 6) is 3.21. The minimum absolute atomic E-state index is 0.521. The number of hydrogen-bond acceptors (Lipinski definition) is 6. The summed E-state index contributed by atoms with van der Waals surface area (Å²) in [5.41, 5.74) is 1.11. The molecule has 6 heteroatoms. The Hall–Kier alpha value is -2.11. The molecule has 0 atom stereocenters. The Morgan fingerprint density at radius 3 is 2.45 bits per heavy atom. The highest BCUT2D eigenvalue weighted by Gasteiger charge is 2.11. The molecule has 0 aliphatic heterocycles. The highest BCUT2D eigenvalue weighted by atomic mass is 16.4. The fraction of sp³-hybridized carbons (Fsp3) is 0.500. The smallest absolute Gasteiger partial charge is 0.213 e. The SMILES string of the molecule is CCCc1c(NCC)ncnc1NCc1ncc(C)o1. The Bertz CT molecular complexity index is 552. The summed E-state index contributed by atoms with van der Waals surface area (Å²) >= 11 is 0. The van der Waals surface area contributed by atoms with Gasteiger partial charge in [-0.3, -0.25) is 0 Å². The molecule has 2 aromatic rings. The van der Waals surface area contributed by atoms with Crippen LogP contribution in [-0.4, -0.2) is 21.5 Å². The first-order valence-electron chi connectivity index (χ1n) is 6.97. The van der Waals surface area contributed by atoms with Crippen molar-refractivity contribution in [2.75, 3.05) is 17.2 Å². The van der Waals surface area contributed by atoms with E-state index >= 15 is 0 Å². The van der Waals surface area contributed by atoms with Crippen LogP contribution in [0.2, 0.25) is 0 Å². The van der Waals surface area contributed by atoms with Crippen molar-refractivity contribution in [3.8, 4) is 0 Å². The van der Waals surface area contributed by atoms with E-state index in [1.807, 2.05) is 6.92 Å². The summed E-state index contributed by atoms with van der Waals surface area (Å²) in [6.45, 7) is 7.44. The molecule has 2 heterocycles. The number of rotatable bonds is 7. The molecule has 0 fully saturated rings. The number of nitrogens with one attached hydrogen (secondary N) is 2. The summed E-state index contributed by atoms with van der Waals surface area (Å²) in [6, 6.07) is 0. The summed E-state index contributed by atoms with van der Waals surface area (Å²) in [5, 5.41) is 6.55. The number of aryl methyl sites for hydroxylation is 1. The van der Waals surface area contributed by atoms with Crippen molar-refractivity contribution in [2.24, 2.45) is 0 Å². The standard InChI is InChI=1S/C14H21N5O/c1-4-6-11-13(15-5-2)18-9-19-14(11)17-8-12-16-7-10(3)20-12/h7,9H,4-6,8H2,1-3H3,(H2,15,17,18,19). The van der Waals surface area contributed by atoms with Gasteiger partial charge in [-0.2, -0.15) is 0 Å². The lowest BCUT2D eigenvalue weighted by Gasteiger charge is -2.13. The summed E-state index contributed by atoms with van der Waals surface area (Å²) in [4.78, 5) is 12.8. The van der Waals surface area contributed by atoms with Crippen LogP contribution in [0, 0.1) is 6.92 Å². The van der Waals surface area contributed by atoms with Gasteiger partial charge in [-0.15, -0.1) is 0 Å². The molecule has 2 aromatic heterocycles. The van der Waals surface area contributed by atoms with Crippen LogP contribution in [-0.2, 0) is 13.0 Å². The normalized spacial score (nSPS) is 10.6. The molecule has 108 valence electrons. The second-order valence-electron chi connectivity index (χ2n) is 4.55. The van der Waals surface area contributed by atoms with Gasteiger partial charge < -0.3 is 15.1 Å². The third kappa shape index (κ3) is 3.46. The topological polar surface area (TPSA) is 75.9 Å². The molecular formula is C14H21N5O. The quantitative estimate of drug-likeness (QED) is 0.809. The minimum atomic E-state index is 0.521. The Balaban J connectivity index is 2.14. The van der Waals surface area contributed by atoms with E-state index in [2.05, 4.69) is 39.4 Å². The van der Waals surface area contributed by atoms with Crippen molar-refractivity contribution >= 4 is 11.6 Å². The molecule has 0 unspecified atom stereocenters. The first-order chi connectivity index (χ1) is 9.74. The average Bonchev–Trinajstić information content (AvgIpc) is 2.85. The van der Waals surface area contributed by atoms with Crippen molar-refractivity contribution in [3.05, 3.63) is 29.7 Å². The van der Waals surface area contributed by atoms with E-state index in [-0.39, 0.29) is 0 Å². The van der Waals surface area contributed by atoms with Gasteiger partial charge >= 0.3 is 0 Å².